The first-order chi connectivity index (χ1) is 10.5. The van der Waals surface area contributed by atoms with Crippen molar-refractivity contribution in [1.29, 1.82) is 0 Å². The second kappa shape index (κ2) is 7.27. The van der Waals surface area contributed by atoms with Gasteiger partial charge in [0.1, 0.15) is 5.75 Å². The van der Waals surface area contributed by atoms with Crippen molar-refractivity contribution in [2.75, 3.05) is 14.2 Å². The van der Waals surface area contributed by atoms with Crippen LogP contribution in [0.3, 0.4) is 0 Å². The zero-order valence-electron chi connectivity index (χ0n) is 13.4. The van der Waals surface area contributed by atoms with Crippen LogP contribution in [0.4, 0.5) is 0 Å². The molecule has 1 heterocycles. The molecule has 0 aliphatic heterocycles. The number of benzene rings is 1. The highest BCUT2D eigenvalue weighted by atomic mass is 32.1. The standard InChI is InChI=1S/C18H21NO2S/c1-13-5-7-16(21-4)15(11-13)6-8-18(20)19(3)12-17-14(2)9-10-22-17/h5-11H,12H2,1-4H3/b8-6+. The summed E-state index contributed by atoms with van der Waals surface area (Å²) >= 11 is 1.68. The highest BCUT2D eigenvalue weighted by Gasteiger charge is 2.09. The molecule has 1 amide bonds. The van der Waals surface area contributed by atoms with E-state index in [0.29, 0.717) is 6.54 Å². The quantitative estimate of drug-likeness (QED) is 0.779. The number of carbonyl (C=O) groups is 1. The topological polar surface area (TPSA) is 29.5 Å². The van der Waals surface area contributed by atoms with Crippen LogP contribution in [0, 0.1) is 13.8 Å². The Morgan fingerprint density at radius 1 is 1.32 bits per heavy atom. The highest BCUT2D eigenvalue weighted by Crippen LogP contribution is 2.21. The number of amides is 1. The molecular formula is C18H21NO2S. The number of nitrogens with zero attached hydrogens (tertiary/aromatic N) is 1. The van der Waals surface area contributed by atoms with E-state index in [1.807, 2.05) is 38.2 Å². The molecule has 0 N–H and O–H groups in total. The average molecular weight is 315 g/mol. The first-order valence-electron chi connectivity index (χ1n) is 7.12. The normalized spacial score (nSPS) is 10.9. The molecule has 0 aliphatic rings. The van der Waals surface area contributed by atoms with Crippen LogP contribution in [0.25, 0.3) is 6.08 Å². The third-order valence-electron chi connectivity index (χ3n) is 3.52. The molecule has 0 aliphatic carbocycles. The fourth-order valence-electron chi connectivity index (χ4n) is 2.13. The van der Waals surface area contributed by atoms with Gasteiger partial charge < -0.3 is 9.64 Å². The fraction of sp³-hybridized carbons (Fsp3) is 0.278. The lowest BCUT2D eigenvalue weighted by Crippen LogP contribution is -2.23. The molecule has 116 valence electrons. The lowest BCUT2D eigenvalue weighted by Gasteiger charge is -2.14. The van der Waals surface area contributed by atoms with Gasteiger partial charge >= 0.3 is 0 Å². The van der Waals surface area contributed by atoms with Gasteiger partial charge in [0, 0.05) is 23.6 Å². The van der Waals surface area contributed by atoms with Crippen LogP contribution in [0.15, 0.2) is 35.7 Å². The lowest BCUT2D eigenvalue weighted by atomic mass is 10.1. The van der Waals surface area contributed by atoms with Gasteiger partial charge in [-0.25, -0.2) is 0 Å². The molecule has 0 saturated heterocycles. The third-order valence-corrected chi connectivity index (χ3v) is 4.52. The van der Waals surface area contributed by atoms with Gasteiger partial charge in [-0.2, -0.15) is 0 Å². The summed E-state index contributed by atoms with van der Waals surface area (Å²) in [5.74, 6) is 0.753. The molecule has 22 heavy (non-hydrogen) atoms. The Morgan fingerprint density at radius 3 is 2.73 bits per heavy atom. The van der Waals surface area contributed by atoms with Crippen LogP contribution in [0.5, 0.6) is 5.75 Å². The number of methoxy groups -OCH3 is 1. The van der Waals surface area contributed by atoms with Crippen LogP contribution in [0.2, 0.25) is 0 Å². The van der Waals surface area contributed by atoms with Gasteiger partial charge in [0.2, 0.25) is 5.91 Å². The van der Waals surface area contributed by atoms with Crippen LogP contribution >= 0.6 is 11.3 Å². The van der Waals surface area contributed by atoms with Crippen molar-refractivity contribution < 1.29 is 9.53 Å². The zero-order chi connectivity index (χ0) is 16.1. The van der Waals surface area contributed by atoms with Gasteiger partial charge in [-0.15, -0.1) is 11.3 Å². The Labute approximate surface area is 135 Å². The van der Waals surface area contributed by atoms with Crippen molar-refractivity contribution in [1.82, 2.24) is 4.90 Å². The van der Waals surface area contributed by atoms with E-state index in [-0.39, 0.29) is 5.91 Å². The first-order valence-corrected chi connectivity index (χ1v) is 8.00. The molecule has 0 atom stereocenters. The monoisotopic (exact) mass is 315 g/mol. The van der Waals surface area contributed by atoms with Gasteiger partial charge in [0.05, 0.1) is 13.7 Å². The fourth-order valence-corrected chi connectivity index (χ4v) is 3.09. The van der Waals surface area contributed by atoms with E-state index in [1.54, 1.807) is 29.4 Å². The molecule has 0 spiro atoms. The SMILES string of the molecule is COc1ccc(C)cc1/C=C/C(=O)N(C)Cc1sccc1C. The average Bonchev–Trinajstić information content (AvgIpc) is 2.90. The summed E-state index contributed by atoms with van der Waals surface area (Å²) < 4.78 is 5.32. The molecule has 2 aromatic rings. The minimum Gasteiger partial charge on any atom is -0.496 e. The molecule has 3 nitrogen and oxygen atoms in total. The number of likely N-dealkylation sites (N-methyl/N-ethyl adjacent to an activating group) is 1. The highest BCUT2D eigenvalue weighted by molar-refractivity contribution is 7.10. The number of carbonyl (C=O) groups excluding carboxylic acids is 1. The maximum absolute atomic E-state index is 12.2. The molecule has 2 rings (SSSR count). The van der Waals surface area contributed by atoms with Crippen molar-refractivity contribution in [3.05, 3.63) is 57.3 Å². The maximum atomic E-state index is 12.2. The van der Waals surface area contributed by atoms with E-state index >= 15 is 0 Å². The van der Waals surface area contributed by atoms with Crippen molar-refractivity contribution in [3.63, 3.8) is 0 Å². The Morgan fingerprint density at radius 2 is 2.09 bits per heavy atom. The Hall–Kier alpha value is -2.07. The molecule has 0 fully saturated rings. The molecule has 0 saturated carbocycles. The summed E-state index contributed by atoms with van der Waals surface area (Å²) in [4.78, 5) is 15.2. The predicted molar refractivity (Wildman–Crippen MR) is 92.3 cm³/mol. The van der Waals surface area contributed by atoms with Gasteiger partial charge in [0.15, 0.2) is 0 Å². The number of thiophene rings is 1. The number of ether oxygens (including phenoxy) is 1. The van der Waals surface area contributed by atoms with E-state index in [0.717, 1.165) is 16.9 Å². The Balaban J connectivity index is 2.08. The molecule has 1 aromatic carbocycles. The van der Waals surface area contributed by atoms with Crippen molar-refractivity contribution in [2.45, 2.75) is 20.4 Å². The third kappa shape index (κ3) is 3.98. The van der Waals surface area contributed by atoms with E-state index in [4.69, 9.17) is 4.74 Å². The summed E-state index contributed by atoms with van der Waals surface area (Å²) in [5, 5.41) is 2.05. The molecule has 0 unspecified atom stereocenters. The van der Waals surface area contributed by atoms with Gasteiger partial charge in [-0.3, -0.25) is 4.79 Å². The van der Waals surface area contributed by atoms with Gasteiger partial charge in [-0.05, 0) is 49.1 Å². The van der Waals surface area contributed by atoms with Crippen molar-refractivity contribution in [3.8, 4) is 5.75 Å². The van der Waals surface area contributed by atoms with Crippen molar-refractivity contribution >= 4 is 23.3 Å². The summed E-state index contributed by atoms with van der Waals surface area (Å²) in [6, 6.07) is 7.99. The minimum absolute atomic E-state index is 0.0173. The molecule has 0 radical (unpaired) electrons. The Bertz CT molecular complexity index is 688. The lowest BCUT2D eigenvalue weighted by molar-refractivity contribution is -0.125. The van der Waals surface area contributed by atoms with Crippen LogP contribution in [0.1, 0.15) is 21.6 Å². The van der Waals surface area contributed by atoms with E-state index in [2.05, 4.69) is 18.4 Å². The predicted octanol–water partition coefficient (Wildman–Crippen LogP) is 4.05. The molecule has 0 bridgehead atoms. The largest absolute Gasteiger partial charge is 0.496 e. The van der Waals surface area contributed by atoms with E-state index in [9.17, 15) is 4.79 Å². The minimum atomic E-state index is -0.0173. The van der Waals surface area contributed by atoms with Crippen molar-refractivity contribution in [2.24, 2.45) is 0 Å². The van der Waals surface area contributed by atoms with E-state index in [1.165, 1.54) is 10.4 Å². The number of hydrogen-bond acceptors (Lipinski definition) is 3. The smallest absolute Gasteiger partial charge is 0.246 e. The summed E-state index contributed by atoms with van der Waals surface area (Å²) in [7, 11) is 3.45. The number of hydrogen-bond donors (Lipinski definition) is 0. The van der Waals surface area contributed by atoms with Gasteiger partial charge in [0.25, 0.3) is 0 Å². The summed E-state index contributed by atoms with van der Waals surface area (Å²) in [6.45, 7) is 4.72. The second-order valence-corrected chi connectivity index (χ2v) is 6.30. The van der Waals surface area contributed by atoms with E-state index < -0.39 is 0 Å². The first kappa shape index (κ1) is 16.3. The Kier molecular flexibility index (Phi) is 5.39. The van der Waals surface area contributed by atoms with Crippen LogP contribution < -0.4 is 4.74 Å². The maximum Gasteiger partial charge on any atom is 0.246 e. The summed E-state index contributed by atoms with van der Waals surface area (Å²) in [5.41, 5.74) is 3.28. The second-order valence-electron chi connectivity index (χ2n) is 5.30. The van der Waals surface area contributed by atoms with Crippen LogP contribution in [-0.4, -0.2) is 25.0 Å². The molecule has 1 aromatic heterocycles. The molecular weight excluding hydrogens is 294 g/mol. The number of rotatable bonds is 5. The van der Waals surface area contributed by atoms with Gasteiger partial charge in [-0.1, -0.05) is 11.6 Å². The molecule has 4 heteroatoms. The summed E-state index contributed by atoms with van der Waals surface area (Å²) in [6.07, 6.45) is 3.41. The number of aryl methyl sites for hydroxylation is 2. The van der Waals surface area contributed by atoms with Crippen LogP contribution in [-0.2, 0) is 11.3 Å². The zero-order valence-corrected chi connectivity index (χ0v) is 14.2.